The van der Waals surface area contributed by atoms with Crippen molar-refractivity contribution in [3.63, 3.8) is 0 Å². The number of carbonyl (C=O) groups is 1. The number of nitrogens with zero attached hydrogens (tertiary/aromatic N) is 3. The molecule has 24 heavy (non-hydrogen) atoms. The standard InChI is InChI=1S/C19H27N3O2/c1-15(24)21-11-9-16(10-12-21)14-22-19(8-4-5-13-23)17-6-2-3-7-18(17)20-22/h2-3,6-7,16,23H,4-5,8-14H2,1H3. The fraction of sp³-hybridized carbons (Fsp3) is 0.579. The Morgan fingerprint density at radius 1 is 1.25 bits per heavy atom. The second kappa shape index (κ2) is 7.79. The van der Waals surface area contributed by atoms with Crippen LogP contribution in [-0.4, -0.2) is 45.4 Å². The third-order valence-electron chi connectivity index (χ3n) is 5.07. The number of hydrogen-bond acceptors (Lipinski definition) is 3. The molecule has 0 bridgehead atoms. The molecular weight excluding hydrogens is 302 g/mol. The van der Waals surface area contributed by atoms with Crippen molar-refractivity contribution in [2.45, 2.75) is 45.6 Å². The van der Waals surface area contributed by atoms with Gasteiger partial charge in [0.15, 0.2) is 0 Å². The van der Waals surface area contributed by atoms with Gasteiger partial charge in [-0.1, -0.05) is 18.2 Å². The summed E-state index contributed by atoms with van der Waals surface area (Å²) in [6.45, 7) is 4.55. The molecule has 5 heteroatoms. The van der Waals surface area contributed by atoms with E-state index in [1.165, 1.54) is 11.1 Å². The molecule has 1 aromatic carbocycles. The van der Waals surface area contributed by atoms with Crippen LogP contribution in [0.1, 0.15) is 38.3 Å². The summed E-state index contributed by atoms with van der Waals surface area (Å²) in [6.07, 6.45) is 4.86. The van der Waals surface area contributed by atoms with Crippen molar-refractivity contribution in [3.8, 4) is 0 Å². The molecule has 130 valence electrons. The first kappa shape index (κ1) is 17.0. The summed E-state index contributed by atoms with van der Waals surface area (Å²) in [4.78, 5) is 13.4. The lowest BCUT2D eigenvalue weighted by atomic mass is 9.96. The highest BCUT2D eigenvalue weighted by molar-refractivity contribution is 5.81. The largest absolute Gasteiger partial charge is 0.396 e. The van der Waals surface area contributed by atoms with E-state index in [0.717, 1.165) is 57.3 Å². The normalized spacial score (nSPS) is 16.0. The Balaban J connectivity index is 1.73. The number of benzene rings is 1. The third kappa shape index (κ3) is 3.78. The van der Waals surface area contributed by atoms with Crippen LogP contribution in [0.25, 0.3) is 10.9 Å². The van der Waals surface area contributed by atoms with Gasteiger partial charge in [0.2, 0.25) is 5.91 Å². The monoisotopic (exact) mass is 329 g/mol. The summed E-state index contributed by atoms with van der Waals surface area (Å²) in [7, 11) is 0. The smallest absolute Gasteiger partial charge is 0.219 e. The Bertz CT molecular complexity index is 687. The average molecular weight is 329 g/mol. The molecule has 0 saturated carbocycles. The fourth-order valence-electron chi connectivity index (χ4n) is 3.63. The van der Waals surface area contributed by atoms with Crippen LogP contribution >= 0.6 is 0 Å². The molecule has 1 aromatic heterocycles. The predicted molar refractivity (Wildman–Crippen MR) is 94.7 cm³/mol. The van der Waals surface area contributed by atoms with E-state index in [-0.39, 0.29) is 12.5 Å². The zero-order chi connectivity index (χ0) is 16.9. The Labute approximate surface area is 143 Å². The highest BCUT2D eigenvalue weighted by Gasteiger charge is 2.22. The minimum absolute atomic E-state index is 0.183. The summed E-state index contributed by atoms with van der Waals surface area (Å²) in [5, 5.41) is 15.1. The second-order valence-corrected chi connectivity index (χ2v) is 6.78. The average Bonchev–Trinajstić information content (AvgIpc) is 2.93. The maximum atomic E-state index is 11.5. The van der Waals surface area contributed by atoms with E-state index in [1.54, 1.807) is 6.92 Å². The van der Waals surface area contributed by atoms with Crippen LogP contribution in [0, 0.1) is 5.92 Å². The number of unbranched alkanes of at least 4 members (excludes halogenated alkanes) is 1. The maximum Gasteiger partial charge on any atom is 0.219 e. The van der Waals surface area contributed by atoms with Crippen LogP contribution in [0.15, 0.2) is 24.3 Å². The number of likely N-dealkylation sites (tertiary alicyclic amines) is 1. The molecule has 0 radical (unpaired) electrons. The van der Waals surface area contributed by atoms with Gasteiger partial charge in [-0.2, -0.15) is 5.10 Å². The van der Waals surface area contributed by atoms with E-state index in [0.29, 0.717) is 5.92 Å². The van der Waals surface area contributed by atoms with Crippen LogP contribution in [-0.2, 0) is 17.8 Å². The number of carbonyl (C=O) groups excluding carboxylic acids is 1. The number of aliphatic hydroxyl groups is 1. The lowest BCUT2D eigenvalue weighted by molar-refractivity contribution is -0.130. The van der Waals surface area contributed by atoms with Crippen molar-refractivity contribution in [1.29, 1.82) is 0 Å². The molecule has 0 spiro atoms. The van der Waals surface area contributed by atoms with Gasteiger partial charge in [0.25, 0.3) is 0 Å². The van der Waals surface area contributed by atoms with Crippen molar-refractivity contribution < 1.29 is 9.90 Å². The highest BCUT2D eigenvalue weighted by Crippen LogP contribution is 2.24. The molecule has 2 aromatic rings. The molecular formula is C19H27N3O2. The fourth-order valence-corrected chi connectivity index (χ4v) is 3.63. The molecule has 1 N–H and O–H groups in total. The molecule has 0 atom stereocenters. The topological polar surface area (TPSA) is 58.4 Å². The van der Waals surface area contributed by atoms with Gasteiger partial charge >= 0.3 is 0 Å². The molecule has 1 fully saturated rings. The van der Waals surface area contributed by atoms with Gasteiger partial charge in [0.05, 0.1) is 5.52 Å². The van der Waals surface area contributed by atoms with E-state index in [9.17, 15) is 4.79 Å². The van der Waals surface area contributed by atoms with Gasteiger partial charge in [-0.15, -0.1) is 0 Å². The summed E-state index contributed by atoms with van der Waals surface area (Å²) in [5.74, 6) is 0.759. The molecule has 1 saturated heterocycles. The predicted octanol–water partition coefficient (Wildman–Crippen LogP) is 2.61. The number of piperidine rings is 1. The minimum atomic E-state index is 0.183. The first-order valence-electron chi connectivity index (χ1n) is 9.00. The molecule has 1 aliphatic heterocycles. The van der Waals surface area contributed by atoms with E-state index < -0.39 is 0 Å². The molecule has 0 aliphatic carbocycles. The van der Waals surface area contributed by atoms with Crippen molar-refractivity contribution in [3.05, 3.63) is 30.0 Å². The summed E-state index contributed by atoms with van der Waals surface area (Å²) >= 11 is 0. The zero-order valence-corrected chi connectivity index (χ0v) is 14.4. The molecule has 3 rings (SSSR count). The molecule has 0 unspecified atom stereocenters. The summed E-state index contributed by atoms with van der Waals surface area (Å²) < 4.78 is 2.18. The number of aryl methyl sites for hydroxylation is 1. The quantitative estimate of drug-likeness (QED) is 0.829. The zero-order valence-electron chi connectivity index (χ0n) is 14.4. The third-order valence-corrected chi connectivity index (χ3v) is 5.07. The molecule has 5 nitrogen and oxygen atoms in total. The van der Waals surface area contributed by atoms with Crippen molar-refractivity contribution in [2.24, 2.45) is 5.92 Å². The van der Waals surface area contributed by atoms with Gasteiger partial charge in [-0.3, -0.25) is 9.48 Å². The Morgan fingerprint density at radius 3 is 2.71 bits per heavy atom. The van der Waals surface area contributed by atoms with Gasteiger partial charge in [0.1, 0.15) is 0 Å². The van der Waals surface area contributed by atoms with E-state index in [4.69, 9.17) is 10.2 Å². The van der Waals surface area contributed by atoms with Gasteiger partial charge in [-0.05, 0) is 44.1 Å². The van der Waals surface area contributed by atoms with E-state index in [1.807, 2.05) is 11.0 Å². The maximum absolute atomic E-state index is 11.5. The van der Waals surface area contributed by atoms with Crippen LogP contribution in [0.5, 0.6) is 0 Å². The number of rotatable bonds is 6. The first-order chi connectivity index (χ1) is 11.7. The summed E-state index contributed by atoms with van der Waals surface area (Å²) in [6, 6.07) is 8.31. The Hall–Kier alpha value is -1.88. The number of amides is 1. The summed E-state index contributed by atoms with van der Waals surface area (Å²) in [5.41, 5.74) is 2.34. The van der Waals surface area contributed by atoms with E-state index >= 15 is 0 Å². The first-order valence-corrected chi connectivity index (χ1v) is 9.00. The highest BCUT2D eigenvalue weighted by atomic mass is 16.2. The van der Waals surface area contributed by atoms with Crippen molar-refractivity contribution >= 4 is 16.8 Å². The minimum Gasteiger partial charge on any atom is -0.396 e. The van der Waals surface area contributed by atoms with Crippen molar-refractivity contribution in [2.75, 3.05) is 19.7 Å². The number of hydrogen-bond donors (Lipinski definition) is 1. The molecule has 1 aliphatic rings. The number of aliphatic hydroxyl groups excluding tert-OH is 1. The lowest BCUT2D eigenvalue weighted by Crippen LogP contribution is -2.38. The van der Waals surface area contributed by atoms with Gasteiger partial charge in [0, 0.05) is 44.2 Å². The van der Waals surface area contributed by atoms with Crippen LogP contribution in [0.3, 0.4) is 0 Å². The van der Waals surface area contributed by atoms with Crippen LogP contribution < -0.4 is 0 Å². The lowest BCUT2D eigenvalue weighted by Gasteiger charge is -2.31. The Morgan fingerprint density at radius 2 is 2.00 bits per heavy atom. The van der Waals surface area contributed by atoms with Crippen molar-refractivity contribution in [1.82, 2.24) is 14.7 Å². The number of fused-ring (bicyclic) bond motifs is 1. The SMILES string of the molecule is CC(=O)N1CCC(Cn2nc3ccccc3c2CCCCO)CC1. The second-order valence-electron chi connectivity index (χ2n) is 6.78. The van der Waals surface area contributed by atoms with E-state index in [2.05, 4.69) is 22.9 Å². The molecule has 1 amide bonds. The van der Waals surface area contributed by atoms with Crippen LogP contribution in [0.2, 0.25) is 0 Å². The Kier molecular flexibility index (Phi) is 5.51. The molecule has 2 heterocycles. The van der Waals surface area contributed by atoms with Crippen LogP contribution in [0.4, 0.5) is 0 Å². The number of aromatic nitrogens is 2. The van der Waals surface area contributed by atoms with Gasteiger partial charge < -0.3 is 10.0 Å². The van der Waals surface area contributed by atoms with Gasteiger partial charge in [-0.25, -0.2) is 0 Å².